The lowest BCUT2D eigenvalue weighted by atomic mass is 10.1. The van der Waals surface area contributed by atoms with Gasteiger partial charge in [-0.3, -0.25) is 4.79 Å². The van der Waals surface area contributed by atoms with E-state index in [2.05, 4.69) is 41.0 Å². The minimum Gasteiger partial charge on any atom is -0.326 e. The van der Waals surface area contributed by atoms with E-state index in [4.69, 9.17) is 0 Å². The Balaban J connectivity index is 1.65. The molecule has 3 rings (SSSR count). The lowest BCUT2D eigenvalue weighted by molar-refractivity contribution is -0.114. The van der Waals surface area contributed by atoms with E-state index >= 15 is 0 Å². The second-order valence-electron chi connectivity index (χ2n) is 5.55. The zero-order valence-electron chi connectivity index (χ0n) is 12.2. The Hall–Kier alpha value is -2.13. The number of amides is 1. The van der Waals surface area contributed by atoms with Crippen molar-refractivity contribution in [1.29, 1.82) is 0 Å². The van der Waals surface area contributed by atoms with Crippen LogP contribution in [0.1, 0.15) is 36.1 Å². The zero-order chi connectivity index (χ0) is 14.7. The molecule has 2 aromatic carbocycles. The third-order valence-corrected chi connectivity index (χ3v) is 3.93. The highest BCUT2D eigenvalue weighted by atomic mass is 16.1. The normalized spacial score (nSPS) is 16.5. The molecule has 0 aliphatic heterocycles. The van der Waals surface area contributed by atoms with Crippen molar-refractivity contribution in [1.82, 2.24) is 5.32 Å². The molecule has 21 heavy (non-hydrogen) atoms. The van der Waals surface area contributed by atoms with E-state index in [-0.39, 0.29) is 5.91 Å². The van der Waals surface area contributed by atoms with Crippen LogP contribution >= 0.6 is 0 Å². The van der Waals surface area contributed by atoms with E-state index in [9.17, 15) is 4.79 Å². The minimum absolute atomic E-state index is 0.0372. The Morgan fingerprint density at radius 3 is 2.90 bits per heavy atom. The van der Waals surface area contributed by atoms with Gasteiger partial charge >= 0.3 is 0 Å². The van der Waals surface area contributed by atoms with E-state index in [0.717, 1.165) is 25.1 Å². The quantitative estimate of drug-likeness (QED) is 0.901. The molecule has 2 aromatic rings. The van der Waals surface area contributed by atoms with Gasteiger partial charge in [-0.2, -0.15) is 0 Å². The molecule has 0 radical (unpaired) electrons. The summed E-state index contributed by atoms with van der Waals surface area (Å²) < 4.78 is 0. The monoisotopic (exact) mass is 280 g/mol. The number of anilines is 1. The van der Waals surface area contributed by atoms with Gasteiger partial charge in [0.15, 0.2) is 0 Å². The van der Waals surface area contributed by atoms with Crippen LogP contribution in [0.2, 0.25) is 0 Å². The molecule has 3 nitrogen and oxygen atoms in total. The Morgan fingerprint density at radius 2 is 2.05 bits per heavy atom. The summed E-state index contributed by atoms with van der Waals surface area (Å²) in [6, 6.07) is 17.1. The van der Waals surface area contributed by atoms with Crippen molar-refractivity contribution in [2.45, 2.75) is 32.4 Å². The summed E-state index contributed by atoms with van der Waals surface area (Å²) in [7, 11) is 0. The molecular weight excluding hydrogens is 260 g/mol. The second kappa shape index (κ2) is 6.10. The lowest BCUT2D eigenvalue weighted by Crippen LogP contribution is -2.18. The van der Waals surface area contributed by atoms with Crippen molar-refractivity contribution in [3.05, 3.63) is 65.2 Å². The van der Waals surface area contributed by atoms with Crippen LogP contribution in [-0.2, 0) is 17.8 Å². The number of benzene rings is 2. The number of aryl methyl sites for hydroxylation is 1. The highest BCUT2D eigenvalue weighted by Crippen LogP contribution is 2.30. The molecule has 1 atom stereocenters. The van der Waals surface area contributed by atoms with Crippen molar-refractivity contribution >= 4 is 11.6 Å². The van der Waals surface area contributed by atoms with Gasteiger partial charge in [-0.15, -0.1) is 0 Å². The van der Waals surface area contributed by atoms with Crippen molar-refractivity contribution < 1.29 is 4.79 Å². The minimum atomic E-state index is -0.0372. The fourth-order valence-electron chi connectivity index (χ4n) is 2.97. The van der Waals surface area contributed by atoms with E-state index in [0.29, 0.717) is 6.04 Å². The second-order valence-corrected chi connectivity index (χ2v) is 5.55. The topological polar surface area (TPSA) is 41.1 Å². The van der Waals surface area contributed by atoms with E-state index in [1.807, 2.05) is 18.2 Å². The standard InChI is InChI=1S/C18H20N2O/c1-13(21)20-16-7-4-5-14(11-16)12-19-18-10-9-15-6-2-3-8-17(15)18/h2-8,11,18-19H,9-10,12H2,1H3,(H,20,21). The SMILES string of the molecule is CC(=O)Nc1cccc(CNC2CCc3ccccc32)c1. The molecule has 0 bridgehead atoms. The first kappa shape index (κ1) is 13.8. The molecule has 3 heteroatoms. The molecule has 0 spiro atoms. The number of hydrogen-bond donors (Lipinski definition) is 2. The molecule has 1 aliphatic carbocycles. The van der Waals surface area contributed by atoms with Crippen molar-refractivity contribution in [2.24, 2.45) is 0 Å². The van der Waals surface area contributed by atoms with Crippen molar-refractivity contribution in [3.8, 4) is 0 Å². The largest absolute Gasteiger partial charge is 0.326 e. The van der Waals surface area contributed by atoms with Crippen LogP contribution in [-0.4, -0.2) is 5.91 Å². The van der Waals surface area contributed by atoms with Crippen LogP contribution in [0.25, 0.3) is 0 Å². The van der Waals surface area contributed by atoms with E-state index in [1.165, 1.54) is 23.6 Å². The van der Waals surface area contributed by atoms with Gasteiger partial charge in [0.25, 0.3) is 0 Å². The van der Waals surface area contributed by atoms with Gasteiger partial charge in [0.1, 0.15) is 0 Å². The fourth-order valence-corrected chi connectivity index (χ4v) is 2.97. The number of nitrogens with one attached hydrogen (secondary N) is 2. The van der Waals surface area contributed by atoms with Gasteiger partial charge in [0.2, 0.25) is 5.91 Å². The Bertz CT molecular complexity index is 651. The van der Waals surface area contributed by atoms with Gasteiger partial charge in [0, 0.05) is 25.2 Å². The Kier molecular flexibility index (Phi) is 4.02. The summed E-state index contributed by atoms with van der Waals surface area (Å²) in [4.78, 5) is 11.1. The maximum atomic E-state index is 11.1. The Morgan fingerprint density at radius 1 is 1.19 bits per heavy atom. The fraction of sp³-hybridized carbons (Fsp3) is 0.278. The van der Waals surface area contributed by atoms with Crippen LogP contribution in [0, 0.1) is 0 Å². The highest BCUT2D eigenvalue weighted by molar-refractivity contribution is 5.88. The molecule has 1 unspecified atom stereocenters. The summed E-state index contributed by atoms with van der Waals surface area (Å²) in [6.45, 7) is 2.34. The molecule has 0 aromatic heterocycles. The maximum Gasteiger partial charge on any atom is 0.221 e. The summed E-state index contributed by atoms with van der Waals surface area (Å²) in [6.07, 6.45) is 2.31. The summed E-state index contributed by atoms with van der Waals surface area (Å²) in [5.74, 6) is -0.0372. The molecule has 0 fully saturated rings. The zero-order valence-corrected chi connectivity index (χ0v) is 12.2. The van der Waals surface area contributed by atoms with Crippen LogP contribution < -0.4 is 10.6 Å². The molecule has 108 valence electrons. The average Bonchev–Trinajstić information content (AvgIpc) is 2.88. The summed E-state index contributed by atoms with van der Waals surface area (Å²) >= 11 is 0. The van der Waals surface area contributed by atoms with E-state index in [1.54, 1.807) is 0 Å². The number of rotatable bonds is 4. The van der Waals surface area contributed by atoms with Crippen molar-refractivity contribution in [3.63, 3.8) is 0 Å². The van der Waals surface area contributed by atoms with Gasteiger partial charge in [-0.25, -0.2) is 0 Å². The molecule has 0 saturated heterocycles. The van der Waals surface area contributed by atoms with Crippen LogP contribution in [0.15, 0.2) is 48.5 Å². The third kappa shape index (κ3) is 3.31. The van der Waals surface area contributed by atoms with Crippen LogP contribution in [0.4, 0.5) is 5.69 Å². The van der Waals surface area contributed by atoms with Gasteiger partial charge in [0.05, 0.1) is 0 Å². The summed E-state index contributed by atoms with van der Waals surface area (Å²) in [5.41, 5.74) is 4.93. The number of carbonyl (C=O) groups is 1. The molecule has 0 saturated carbocycles. The predicted molar refractivity (Wildman–Crippen MR) is 85.1 cm³/mol. The molecule has 1 aliphatic rings. The number of fused-ring (bicyclic) bond motifs is 1. The van der Waals surface area contributed by atoms with Crippen LogP contribution in [0.5, 0.6) is 0 Å². The van der Waals surface area contributed by atoms with Crippen molar-refractivity contribution in [2.75, 3.05) is 5.32 Å². The molecule has 1 amide bonds. The van der Waals surface area contributed by atoms with Gasteiger partial charge in [-0.05, 0) is 41.7 Å². The average molecular weight is 280 g/mol. The number of carbonyl (C=O) groups excluding carboxylic acids is 1. The maximum absolute atomic E-state index is 11.1. The first-order valence-corrected chi connectivity index (χ1v) is 7.40. The smallest absolute Gasteiger partial charge is 0.221 e. The van der Waals surface area contributed by atoms with Gasteiger partial charge in [-0.1, -0.05) is 36.4 Å². The number of hydrogen-bond acceptors (Lipinski definition) is 2. The first-order chi connectivity index (χ1) is 10.2. The first-order valence-electron chi connectivity index (χ1n) is 7.40. The molecular formula is C18H20N2O. The summed E-state index contributed by atoms with van der Waals surface area (Å²) in [5, 5.41) is 6.44. The lowest BCUT2D eigenvalue weighted by Gasteiger charge is -2.14. The van der Waals surface area contributed by atoms with Crippen LogP contribution in [0.3, 0.4) is 0 Å². The van der Waals surface area contributed by atoms with Gasteiger partial charge < -0.3 is 10.6 Å². The highest BCUT2D eigenvalue weighted by Gasteiger charge is 2.20. The predicted octanol–water partition coefficient (Wildman–Crippen LogP) is 3.42. The Labute approximate surface area is 125 Å². The molecule has 0 heterocycles. The molecule has 2 N–H and O–H groups in total. The third-order valence-electron chi connectivity index (χ3n) is 3.93. The van der Waals surface area contributed by atoms with E-state index < -0.39 is 0 Å².